The zero-order chi connectivity index (χ0) is 8.27. The van der Waals surface area contributed by atoms with E-state index in [9.17, 15) is 0 Å². The lowest BCUT2D eigenvalue weighted by Gasteiger charge is -2.00. The van der Waals surface area contributed by atoms with Crippen LogP contribution in [0.2, 0.25) is 5.15 Å². The smallest absolute Gasteiger partial charge is 0.147 e. The van der Waals surface area contributed by atoms with Gasteiger partial charge in [0.25, 0.3) is 0 Å². The second kappa shape index (κ2) is 4.38. The summed E-state index contributed by atoms with van der Waals surface area (Å²) in [6, 6.07) is 0. The minimum Gasteiger partial charge on any atom is -0.255 e. The van der Waals surface area contributed by atoms with Gasteiger partial charge >= 0.3 is 0 Å². The highest BCUT2D eigenvalue weighted by molar-refractivity contribution is 9.09. The fourth-order valence-corrected chi connectivity index (χ4v) is 1.71. The summed E-state index contributed by atoms with van der Waals surface area (Å²) >= 11 is 12.3. The van der Waals surface area contributed by atoms with Crippen LogP contribution in [0.1, 0.15) is 11.4 Å². The van der Waals surface area contributed by atoms with Gasteiger partial charge in [-0.25, -0.2) is 4.98 Å². The molecule has 1 aromatic heterocycles. The van der Waals surface area contributed by atoms with Gasteiger partial charge < -0.3 is 0 Å². The molecule has 0 saturated carbocycles. The van der Waals surface area contributed by atoms with E-state index >= 15 is 0 Å². The van der Waals surface area contributed by atoms with Crippen molar-refractivity contribution in [1.29, 1.82) is 0 Å². The van der Waals surface area contributed by atoms with Crippen molar-refractivity contribution in [2.75, 3.05) is 0 Å². The molecule has 0 N–H and O–H groups in total. The quantitative estimate of drug-likeness (QED) is 0.785. The molecule has 0 fully saturated rings. The van der Waals surface area contributed by atoms with Crippen molar-refractivity contribution >= 4 is 43.5 Å². The molecule has 0 amide bonds. The van der Waals surface area contributed by atoms with Crippen molar-refractivity contribution in [3.8, 4) is 0 Å². The number of hydrogen-bond donors (Lipinski definition) is 0. The molecule has 0 aliphatic rings. The molecule has 0 saturated heterocycles. The summed E-state index contributed by atoms with van der Waals surface area (Å²) in [5, 5.41) is 1.82. The number of hydrogen-bond acceptors (Lipinski definition) is 2. The van der Waals surface area contributed by atoms with Crippen LogP contribution in [0.25, 0.3) is 0 Å². The number of nitrogens with zero attached hydrogens (tertiary/aromatic N) is 2. The Kier molecular flexibility index (Phi) is 3.75. The molecule has 0 atom stereocenters. The molecule has 0 aliphatic carbocycles. The Morgan fingerprint density at radius 3 is 2.45 bits per heavy atom. The topological polar surface area (TPSA) is 25.8 Å². The summed E-state index contributed by atoms with van der Waals surface area (Å²) in [7, 11) is 0. The second-order valence-corrected chi connectivity index (χ2v) is 3.36. The first-order valence-electron chi connectivity index (χ1n) is 2.90. The molecule has 11 heavy (non-hydrogen) atoms. The zero-order valence-electron chi connectivity index (χ0n) is 5.52. The number of halogens is 3. The van der Waals surface area contributed by atoms with E-state index in [0.29, 0.717) is 15.8 Å². The Hall–Kier alpha value is 0.330. The Morgan fingerprint density at radius 2 is 1.91 bits per heavy atom. The fourth-order valence-electron chi connectivity index (χ4n) is 0.647. The van der Waals surface area contributed by atoms with E-state index in [2.05, 4.69) is 41.8 Å². The van der Waals surface area contributed by atoms with Gasteiger partial charge in [0.05, 0.1) is 17.6 Å². The van der Waals surface area contributed by atoms with Crippen molar-refractivity contribution < 1.29 is 0 Å². The maximum Gasteiger partial charge on any atom is 0.147 e. The van der Waals surface area contributed by atoms with E-state index < -0.39 is 0 Å². The molecule has 0 bridgehead atoms. The first-order valence-corrected chi connectivity index (χ1v) is 5.52. The Morgan fingerprint density at radius 1 is 1.27 bits per heavy atom. The van der Waals surface area contributed by atoms with Crippen molar-refractivity contribution in [1.82, 2.24) is 9.97 Å². The van der Waals surface area contributed by atoms with E-state index in [4.69, 9.17) is 11.6 Å². The van der Waals surface area contributed by atoms with Crippen LogP contribution in [0.15, 0.2) is 6.20 Å². The largest absolute Gasteiger partial charge is 0.255 e. The first-order chi connectivity index (χ1) is 5.27. The lowest BCUT2D eigenvalue weighted by Crippen LogP contribution is -1.96. The number of alkyl halides is 2. The van der Waals surface area contributed by atoms with E-state index in [1.54, 1.807) is 6.20 Å². The first kappa shape index (κ1) is 9.42. The molecule has 0 unspecified atom stereocenters. The van der Waals surface area contributed by atoms with Gasteiger partial charge in [-0.2, -0.15) is 0 Å². The van der Waals surface area contributed by atoms with Gasteiger partial charge in [0.15, 0.2) is 0 Å². The highest BCUT2D eigenvalue weighted by Crippen LogP contribution is 2.13. The molecule has 1 aromatic rings. The lowest BCUT2D eigenvalue weighted by atomic mass is 10.4. The average Bonchev–Trinajstić information content (AvgIpc) is 2.04. The fraction of sp³-hybridized carbons (Fsp3) is 0.333. The molecule has 1 rings (SSSR count). The van der Waals surface area contributed by atoms with E-state index in [1.165, 1.54) is 0 Å². The maximum atomic E-state index is 5.64. The molecule has 1 heterocycles. The summed E-state index contributed by atoms with van der Waals surface area (Å²) in [4.78, 5) is 8.18. The lowest BCUT2D eigenvalue weighted by molar-refractivity contribution is 1.03. The van der Waals surface area contributed by atoms with Gasteiger partial charge in [0.2, 0.25) is 0 Å². The summed E-state index contributed by atoms with van der Waals surface area (Å²) < 4.78 is 0. The molecule has 0 aliphatic heterocycles. The van der Waals surface area contributed by atoms with E-state index in [-0.39, 0.29) is 0 Å². The SMILES string of the molecule is Clc1cnc(CBr)c(CBr)n1. The third-order valence-corrected chi connectivity index (χ3v) is 2.40. The average molecular weight is 300 g/mol. The Bertz CT molecular complexity index is 254. The highest BCUT2D eigenvalue weighted by Gasteiger charge is 2.03. The van der Waals surface area contributed by atoms with Crippen LogP contribution in [0.4, 0.5) is 0 Å². The van der Waals surface area contributed by atoms with Crippen LogP contribution in [-0.2, 0) is 10.7 Å². The molecular formula is C6H5Br2ClN2. The second-order valence-electron chi connectivity index (χ2n) is 1.85. The predicted octanol–water partition coefficient (Wildman–Crippen LogP) is 2.92. The molecule has 0 radical (unpaired) electrons. The van der Waals surface area contributed by atoms with Crippen LogP contribution in [0, 0.1) is 0 Å². The van der Waals surface area contributed by atoms with Crippen molar-refractivity contribution in [2.45, 2.75) is 10.7 Å². The summed E-state index contributed by atoms with van der Waals surface area (Å²) in [6.07, 6.45) is 1.55. The standard InChI is InChI=1S/C6H5Br2ClN2/c7-1-4-5(2-8)11-6(9)3-10-4/h3H,1-2H2. The molecule has 0 aromatic carbocycles. The van der Waals surface area contributed by atoms with Crippen molar-refractivity contribution in [3.63, 3.8) is 0 Å². The molecule has 2 nitrogen and oxygen atoms in total. The minimum absolute atomic E-state index is 0.434. The summed E-state index contributed by atoms with van der Waals surface area (Å²) in [5.41, 5.74) is 1.81. The summed E-state index contributed by atoms with van der Waals surface area (Å²) in [5.74, 6) is 0. The van der Waals surface area contributed by atoms with Gasteiger partial charge in [0, 0.05) is 10.7 Å². The maximum absolute atomic E-state index is 5.64. The van der Waals surface area contributed by atoms with E-state index in [1.807, 2.05) is 0 Å². The van der Waals surface area contributed by atoms with Gasteiger partial charge in [-0.1, -0.05) is 43.5 Å². The third-order valence-electron chi connectivity index (χ3n) is 1.15. The van der Waals surface area contributed by atoms with Gasteiger partial charge in [-0.3, -0.25) is 4.98 Å². The minimum atomic E-state index is 0.434. The van der Waals surface area contributed by atoms with Crippen molar-refractivity contribution in [3.05, 3.63) is 22.7 Å². The molecule has 60 valence electrons. The van der Waals surface area contributed by atoms with Crippen molar-refractivity contribution in [2.24, 2.45) is 0 Å². The van der Waals surface area contributed by atoms with Crippen LogP contribution in [-0.4, -0.2) is 9.97 Å². The van der Waals surface area contributed by atoms with Crippen LogP contribution in [0.5, 0.6) is 0 Å². The van der Waals surface area contributed by atoms with Crippen LogP contribution < -0.4 is 0 Å². The summed E-state index contributed by atoms with van der Waals surface area (Å²) in [6.45, 7) is 0. The zero-order valence-corrected chi connectivity index (χ0v) is 9.45. The Labute approximate surface area is 86.6 Å². The normalized spacial score (nSPS) is 10.1. The monoisotopic (exact) mass is 298 g/mol. The van der Waals surface area contributed by atoms with Gasteiger partial charge in [0.1, 0.15) is 5.15 Å². The molecular weight excluding hydrogens is 295 g/mol. The Balaban J connectivity index is 3.06. The predicted molar refractivity (Wildman–Crippen MR) is 52.3 cm³/mol. The van der Waals surface area contributed by atoms with Gasteiger partial charge in [-0.15, -0.1) is 0 Å². The number of aromatic nitrogens is 2. The van der Waals surface area contributed by atoms with E-state index in [0.717, 1.165) is 11.4 Å². The molecule has 5 heteroatoms. The van der Waals surface area contributed by atoms with Gasteiger partial charge in [-0.05, 0) is 0 Å². The molecule has 0 spiro atoms. The van der Waals surface area contributed by atoms with Crippen LogP contribution >= 0.6 is 43.5 Å². The highest BCUT2D eigenvalue weighted by atomic mass is 79.9. The number of rotatable bonds is 2. The van der Waals surface area contributed by atoms with Crippen LogP contribution in [0.3, 0.4) is 0 Å². The third kappa shape index (κ3) is 2.39.